The first-order valence-corrected chi connectivity index (χ1v) is 12.5. The van der Waals surface area contributed by atoms with Gasteiger partial charge in [-0.3, -0.25) is 9.78 Å². The quantitative estimate of drug-likeness (QED) is 0.553. The first kappa shape index (κ1) is 22.2. The molecular formula is C24H32N2OS2. The van der Waals surface area contributed by atoms with Gasteiger partial charge < -0.3 is 4.90 Å². The molecule has 5 heteroatoms. The van der Waals surface area contributed by atoms with E-state index in [1.165, 1.54) is 41.7 Å². The number of amides is 1. The van der Waals surface area contributed by atoms with Gasteiger partial charge in [0.1, 0.15) is 0 Å². The molecule has 0 unspecified atom stereocenters. The van der Waals surface area contributed by atoms with E-state index in [1.807, 2.05) is 59.9 Å². The number of carbonyl (C=O) groups is 1. The van der Waals surface area contributed by atoms with E-state index in [0.717, 1.165) is 18.7 Å². The largest absolute Gasteiger partial charge is 0.345 e. The maximum atomic E-state index is 12.7. The summed E-state index contributed by atoms with van der Waals surface area (Å²) in [6, 6.07) is 12.5. The van der Waals surface area contributed by atoms with Crippen LogP contribution in [0.15, 0.2) is 47.5 Å². The summed E-state index contributed by atoms with van der Waals surface area (Å²) in [6.07, 6.45) is 7.67. The summed E-state index contributed by atoms with van der Waals surface area (Å²) in [5, 5.41) is 1.15. The number of pyridine rings is 1. The second-order valence-corrected chi connectivity index (χ2v) is 10.4. The molecule has 0 bridgehead atoms. The molecule has 1 fully saturated rings. The van der Waals surface area contributed by atoms with Crippen molar-refractivity contribution in [3.05, 3.63) is 59.4 Å². The Balaban J connectivity index is 1.51. The van der Waals surface area contributed by atoms with E-state index in [0.29, 0.717) is 16.3 Å². The summed E-state index contributed by atoms with van der Waals surface area (Å²) in [6.45, 7) is 5.14. The van der Waals surface area contributed by atoms with Gasteiger partial charge >= 0.3 is 0 Å². The van der Waals surface area contributed by atoms with Gasteiger partial charge in [-0.1, -0.05) is 37.1 Å². The van der Waals surface area contributed by atoms with Gasteiger partial charge in [0, 0.05) is 47.3 Å². The van der Waals surface area contributed by atoms with Crippen LogP contribution in [0.1, 0.15) is 42.5 Å². The lowest BCUT2D eigenvalue weighted by molar-refractivity contribution is -0.127. The molecule has 1 saturated carbocycles. The third-order valence-corrected chi connectivity index (χ3v) is 8.92. The van der Waals surface area contributed by atoms with Crippen LogP contribution >= 0.6 is 23.5 Å². The second-order valence-electron chi connectivity index (χ2n) is 7.90. The normalized spacial score (nSPS) is 19.1. The molecule has 29 heavy (non-hydrogen) atoms. The molecule has 3 nitrogen and oxygen atoms in total. The molecule has 3 rings (SSSR count). The molecule has 1 amide bonds. The molecule has 0 radical (unpaired) electrons. The van der Waals surface area contributed by atoms with Crippen LogP contribution < -0.4 is 0 Å². The summed E-state index contributed by atoms with van der Waals surface area (Å²) in [5.41, 5.74) is 3.78. The maximum Gasteiger partial charge on any atom is 0.232 e. The number of hydrogen-bond donors (Lipinski definition) is 0. The molecule has 2 atom stereocenters. The van der Waals surface area contributed by atoms with Crippen LogP contribution in [0.5, 0.6) is 0 Å². The maximum absolute atomic E-state index is 12.7. The van der Waals surface area contributed by atoms with Crippen molar-refractivity contribution in [1.82, 2.24) is 9.88 Å². The van der Waals surface area contributed by atoms with Gasteiger partial charge in [-0.25, -0.2) is 0 Å². The van der Waals surface area contributed by atoms with Crippen molar-refractivity contribution in [2.45, 2.75) is 61.3 Å². The zero-order chi connectivity index (χ0) is 20.6. The van der Waals surface area contributed by atoms with Crippen molar-refractivity contribution < 1.29 is 4.79 Å². The molecule has 0 aliphatic heterocycles. The zero-order valence-corrected chi connectivity index (χ0v) is 19.4. The predicted molar refractivity (Wildman–Crippen MR) is 126 cm³/mol. The summed E-state index contributed by atoms with van der Waals surface area (Å²) < 4.78 is 0. The van der Waals surface area contributed by atoms with E-state index in [4.69, 9.17) is 0 Å². The van der Waals surface area contributed by atoms with Gasteiger partial charge in [0.2, 0.25) is 5.91 Å². The summed E-state index contributed by atoms with van der Waals surface area (Å²) in [4.78, 5) is 20.3. The van der Waals surface area contributed by atoms with Crippen molar-refractivity contribution in [1.29, 1.82) is 0 Å². The Labute approximate surface area is 184 Å². The van der Waals surface area contributed by atoms with Crippen molar-refractivity contribution in [2.24, 2.45) is 0 Å². The van der Waals surface area contributed by atoms with Gasteiger partial charge in [0.15, 0.2) is 0 Å². The number of nitrogens with zero attached hydrogens (tertiary/aromatic N) is 2. The standard InChI is InChI=1S/C24H32N2OS2/c1-18-9-8-10-19(2)24(18)29-22-13-5-4-12-21(22)28-17-23(27)26(3)16-14-20-11-6-7-15-25-20/h6-11,15,21-22H,4-5,12-14,16-17H2,1-3H3/t21-,22-/m1/s1. The molecule has 156 valence electrons. The van der Waals surface area contributed by atoms with E-state index >= 15 is 0 Å². The Kier molecular flexibility index (Phi) is 8.49. The third kappa shape index (κ3) is 6.51. The monoisotopic (exact) mass is 428 g/mol. The minimum Gasteiger partial charge on any atom is -0.345 e. The Morgan fingerprint density at radius 2 is 1.79 bits per heavy atom. The number of hydrogen-bond acceptors (Lipinski definition) is 4. The number of carbonyl (C=O) groups excluding carboxylic acids is 1. The number of aromatic nitrogens is 1. The smallest absolute Gasteiger partial charge is 0.232 e. The second kappa shape index (κ2) is 11.1. The van der Waals surface area contributed by atoms with E-state index in [-0.39, 0.29) is 5.91 Å². The fourth-order valence-corrected chi connectivity index (χ4v) is 6.81. The number of thioether (sulfide) groups is 2. The molecule has 0 N–H and O–H groups in total. The molecule has 1 aliphatic carbocycles. The van der Waals surface area contributed by atoms with E-state index in [1.54, 1.807) is 0 Å². The van der Waals surface area contributed by atoms with Gasteiger partial charge in [-0.2, -0.15) is 0 Å². The molecule has 0 spiro atoms. The summed E-state index contributed by atoms with van der Waals surface area (Å²) >= 11 is 3.91. The van der Waals surface area contributed by atoms with Gasteiger partial charge in [0.25, 0.3) is 0 Å². The number of aryl methyl sites for hydroxylation is 2. The highest BCUT2D eigenvalue weighted by molar-refractivity contribution is 8.04. The van der Waals surface area contributed by atoms with Crippen LogP contribution in [0.25, 0.3) is 0 Å². The minimum atomic E-state index is 0.229. The number of likely N-dealkylation sites (N-methyl/N-ethyl adjacent to an activating group) is 1. The molecule has 2 aromatic rings. The lowest BCUT2D eigenvalue weighted by atomic mass is 10.00. The average molecular weight is 429 g/mol. The molecule has 1 heterocycles. The lowest BCUT2D eigenvalue weighted by Gasteiger charge is -2.31. The summed E-state index contributed by atoms with van der Waals surface area (Å²) in [7, 11) is 1.91. The summed E-state index contributed by atoms with van der Waals surface area (Å²) in [5.74, 6) is 0.806. The Hall–Kier alpha value is -1.46. The van der Waals surface area contributed by atoms with Crippen molar-refractivity contribution in [2.75, 3.05) is 19.3 Å². The fourth-order valence-electron chi connectivity index (χ4n) is 3.77. The van der Waals surface area contributed by atoms with Crippen LogP contribution in [-0.2, 0) is 11.2 Å². The third-order valence-electron chi connectivity index (χ3n) is 5.60. The highest BCUT2D eigenvalue weighted by Crippen LogP contribution is 2.41. The van der Waals surface area contributed by atoms with Crippen LogP contribution in [0.2, 0.25) is 0 Å². The van der Waals surface area contributed by atoms with E-state index < -0.39 is 0 Å². The molecular weight excluding hydrogens is 396 g/mol. The van der Waals surface area contributed by atoms with Gasteiger partial charge in [-0.05, 0) is 49.9 Å². The molecule has 1 aromatic carbocycles. The van der Waals surface area contributed by atoms with Gasteiger partial charge in [0.05, 0.1) is 5.75 Å². The van der Waals surface area contributed by atoms with Crippen LogP contribution in [0.4, 0.5) is 0 Å². The number of rotatable bonds is 8. The SMILES string of the molecule is Cc1cccc(C)c1S[C@@H]1CCCC[C@H]1SCC(=O)N(C)CCc1ccccn1. The van der Waals surface area contributed by atoms with Crippen molar-refractivity contribution in [3.63, 3.8) is 0 Å². The van der Waals surface area contributed by atoms with Crippen molar-refractivity contribution in [3.8, 4) is 0 Å². The van der Waals surface area contributed by atoms with Crippen LogP contribution in [0, 0.1) is 13.8 Å². The molecule has 1 aliphatic rings. The zero-order valence-electron chi connectivity index (χ0n) is 17.8. The highest BCUT2D eigenvalue weighted by atomic mass is 32.2. The number of benzene rings is 1. The highest BCUT2D eigenvalue weighted by Gasteiger charge is 2.28. The predicted octanol–water partition coefficient (Wildman–Crippen LogP) is 5.54. The molecule has 1 aromatic heterocycles. The van der Waals surface area contributed by atoms with Crippen LogP contribution in [-0.4, -0.2) is 45.6 Å². The van der Waals surface area contributed by atoms with Gasteiger partial charge in [-0.15, -0.1) is 23.5 Å². The van der Waals surface area contributed by atoms with E-state index in [9.17, 15) is 4.79 Å². The first-order valence-electron chi connectivity index (χ1n) is 10.5. The Morgan fingerprint density at radius 3 is 2.48 bits per heavy atom. The van der Waals surface area contributed by atoms with E-state index in [2.05, 4.69) is 37.0 Å². The Bertz CT molecular complexity index is 776. The molecule has 0 saturated heterocycles. The minimum absolute atomic E-state index is 0.229. The topological polar surface area (TPSA) is 33.2 Å². The first-order chi connectivity index (χ1) is 14.0. The average Bonchev–Trinajstić information content (AvgIpc) is 2.74. The fraction of sp³-hybridized carbons (Fsp3) is 0.500. The Morgan fingerprint density at radius 1 is 1.07 bits per heavy atom. The lowest BCUT2D eigenvalue weighted by Crippen LogP contribution is -2.32. The van der Waals surface area contributed by atoms with Crippen LogP contribution in [0.3, 0.4) is 0 Å². The van der Waals surface area contributed by atoms with Crippen molar-refractivity contribution >= 4 is 29.4 Å².